The number of aromatic nitrogens is 2. The van der Waals surface area contributed by atoms with Gasteiger partial charge in [-0.1, -0.05) is 106 Å². The largest absolute Gasteiger partial charge is 0.392 e. The van der Waals surface area contributed by atoms with Gasteiger partial charge < -0.3 is 10.2 Å². The SMILES string of the molecule is CC(C)(C)c1cc(Nc2ccccc2S(=O)(=O)N(Cc2ccccc2)Cc2ccccc2)n(-c2ccccc2ON=[N+]=[N-])n1. The minimum atomic E-state index is -4.01. The van der Waals surface area contributed by atoms with E-state index in [-0.39, 0.29) is 29.1 Å². The first-order valence-corrected chi connectivity index (χ1v) is 15.5. The third-order valence-corrected chi connectivity index (χ3v) is 8.77. The summed E-state index contributed by atoms with van der Waals surface area (Å²) in [6.45, 7) is 6.51. The van der Waals surface area contributed by atoms with Gasteiger partial charge in [-0.05, 0) is 40.9 Å². The van der Waals surface area contributed by atoms with E-state index in [1.54, 1.807) is 47.1 Å². The van der Waals surface area contributed by atoms with E-state index < -0.39 is 10.0 Å². The summed E-state index contributed by atoms with van der Waals surface area (Å²) < 4.78 is 32.0. The summed E-state index contributed by atoms with van der Waals surface area (Å²) in [5.41, 5.74) is 11.9. The lowest BCUT2D eigenvalue weighted by atomic mass is 9.92. The highest BCUT2D eigenvalue weighted by Gasteiger charge is 2.29. The fraction of sp³-hybridized carbons (Fsp3) is 0.182. The number of sulfonamides is 1. The van der Waals surface area contributed by atoms with Crippen LogP contribution in [-0.4, -0.2) is 22.5 Å². The molecule has 0 aliphatic heterocycles. The Bertz CT molecular complexity index is 1840. The summed E-state index contributed by atoms with van der Waals surface area (Å²) in [6, 6.07) is 34.8. The van der Waals surface area contributed by atoms with Gasteiger partial charge in [-0.25, -0.2) is 13.1 Å². The molecule has 0 aliphatic carbocycles. The average molecular weight is 608 g/mol. The Labute approximate surface area is 257 Å². The van der Waals surface area contributed by atoms with Crippen molar-refractivity contribution in [3.63, 3.8) is 0 Å². The van der Waals surface area contributed by atoms with Crippen LogP contribution in [0.15, 0.2) is 125 Å². The molecule has 5 rings (SSSR count). The van der Waals surface area contributed by atoms with Crippen LogP contribution < -0.4 is 10.2 Å². The van der Waals surface area contributed by atoms with Gasteiger partial charge in [0.15, 0.2) is 5.75 Å². The van der Waals surface area contributed by atoms with E-state index in [1.165, 1.54) is 4.31 Å². The summed E-state index contributed by atoms with van der Waals surface area (Å²) in [7, 11) is -4.01. The van der Waals surface area contributed by atoms with Gasteiger partial charge in [0.25, 0.3) is 0 Å². The topological polar surface area (TPSA) is 125 Å². The monoisotopic (exact) mass is 607 g/mol. The molecule has 0 bridgehead atoms. The van der Waals surface area contributed by atoms with Gasteiger partial charge in [-0.15, -0.1) is 0 Å². The molecular formula is C33H33N7O3S. The van der Waals surface area contributed by atoms with Crippen molar-refractivity contribution < 1.29 is 13.3 Å². The Morgan fingerprint density at radius 3 is 2.05 bits per heavy atom. The van der Waals surface area contributed by atoms with Gasteiger partial charge in [0, 0.05) is 29.5 Å². The normalized spacial score (nSPS) is 11.6. The van der Waals surface area contributed by atoms with Gasteiger partial charge >= 0.3 is 0 Å². The minimum Gasteiger partial charge on any atom is -0.392 e. The van der Waals surface area contributed by atoms with Crippen molar-refractivity contribution >= 4 is 21.5 Å². The van der Waals surface area contributed by atoms with Crippen LogP contribution in [0.1, 0.15) is 37.6 Å². The zero-order chi connectivity index (χ0) is 31.2. The van der Waals surface area contributed by atoms with Crippen molar-refractivity contribution in [2.24, 2.45) is 5.28 Å². The van der Waals surface area contributed by atoms with E-state index in [9.17, 15) is 8.42 Å². The summed E-state index contributed by atoms with van der Waals surface area (Å²) >= 11 is 0. The number of para-hydroxylation sites is 3. The highest BCUT2D eigenvalue weighted by atomic mass is 32.2. The van der Waals surface area contributed by atoms with Gasteiger partial charge in [0.2, 0.25) is 10.0 Å². The smallest absolute Gasteiger partial charge is 0.245 e. The van der Waals surface area contributed by atoms with Gasteiger partial charge in [0.05, 0.1) is 11.4 Å². The number of azide groups is 1. The zero-order valence-electron chi connectivity index (χ0n) is 24.7. The lowest BCUT2D eigenvalue weighted by Gasteiger charge is -2.24. The fourth-order valence-corrected chi connectivity index (χ4v) is 6.23. The quantitative estimate of drug-likeness (QED) is 0.0707. The van der Waals surface area contributed by atoms with Crippen molar-refractivity contribution in [2.75, 3.05) is 5.32 Å². The summed E-state index contributed by atoms with van der Waals surface area (Å²) in [5.74, 6) is 0.793. The molecule has 10 nitrogen and oxygen atoms in total. The summed E-state index contributed by atoms with van der Waals surface area (Å²) in [4.78, 5) is 8.10. The lowest BCUT2D eigenvalue weighted by Crippen LogP contribution is -2.30. The maximum Gasteiger partial charge on any atom is 0.245 e. The van der Waals surface area contributed by atoms with E-state index in [0.717, 1.165) is 16.8 Å². The third-order valence-electron chi connectivity index (χ3n) is 6.92. The van der Waals surface area contributed by atoms with E-state index >= 15 is 0 Å². The van der Waals surface area contributed by atoms with Gasteiger partial charge in [-0.3, -0.25) is 0 Å². The van der Waals surface area contributed by atoms with E-state index in [2.05, 4.69) is 15.5 Å². The molecule has 0 atom stereocenters. The van der Waals surface area contributed by atoms with Crippen LogP contribution in [0.2, 0.25) is 0 Å². The van der Waals surface area contributed by atoms with Crippen LogP contribution in [0.25, 0.3) is 16.1 Å². The van der Waals surface area contributed by atoms with Crippen molar-refractivity contribution in [3.8, 4) is 11.4 Å². The minimum absolute atomic E-state index is 0.121. The Morgan fingerprint density at radius 2 is 1.43 bits per heavy atom. The van der Waals surface area contributed by atoms with E-state index in [1.807, 2.05) is 93.6 Å². The maximum atomic E-state index is 14.4. The van der Waals surface area contributed by atoms with Gasteiger partial charge in [0.1, 0.15) is 21.7 Å². The highest BCUT2D eigenvalue weighted by molar-refractivity contribution is 7.89. The second-order valence-corrected chi connectivity index (χ2v) is 13.1. The van der Waals surface area contributed by atoms with E-state index in [0.29, 0.717) is 17.2 Å². The number of hydrogen-bond acceptors (Lipinski definition) is 6. The van der Waals surface area contributed by atoms with Crippen molar-refractivity contribution in [1.29, 1.82) is 0 Å². The molecule has 44 heavy (non-hydrogen) atoms. The molecule has 224 valence electrons. The predicted molar refractivity (Wildman–Crippen MR) is 171 cm³/mol. The third kappa shape index (κ3) is 6.92. The molecule has 0 spiro atoms. The summed E-state index contributed by atoms with van der Waals surface area (Å²) in [6.07, 6.45) is 0. The fourth-order valence-electron chi connectivity index (χ4n) is 4.66. The molecule has 0 radical (unpaired) electrons. The molecule has 5 aromatic rings. The first kappa shape index (κ1) is 30.4. The van der Waals surface area contributed by atoms with Crippen LogP contribution in [0, 0.1) is 0 Å². The maximum absolute atomic E-state index is 14.4. The number of anilines is 2. The number of hydrogen-bond donors (Lipinski definition) is 1. The molecule has 0 saturated heterocycles. The number of nitrogens with zero attached hydrogens (tertiary/aromatic N) is 6. The Balaban J connectivity index is 1.59. The lowest BCUT2D eigenvalue weighted by molar-refractivity contribution is 0.331. The molecule has 0 amide bonds. The Morgan fingerprint density at radius 1 is 0.864 bits per heavy atom. The van der Waals surface area contributed by atoms with Crippen LogP contribution in [0.5, 0.6) is 5.75 Å². The molecule has 11 heteroatoms. The van der Waals surface area contributed by atoms with E-state index in [4.69, 9.17) is 15.5 Å². The summed E-state index contributed by atoms with van der Waals surface area (Å²) in [5, 5.41) is 11.4. The van der Waals surface area contributed by atoms with Crippen molar-refractivity contribution in [2.45, 2.75) is 44.2 Å². The highest BCUT2D eigenvalue weighted by Crippen LogP contribution is 2.34. The first-order valence-electron chi connectivity index (χ1n) is 14.0. The first-order chi connectivity index (χ1) is 21.2. The van der Waals surface area contributed by atoms with Crippen LogP contribution >= 0.6 is 0 Å². The molecule has 0 aliphatic rings. The van der Waals surface area contributed by atoms with Crippen LogP contribution in [-0.2, 0) is 28.5 Å². The Kier molecular flexibility index (Phi) is 9.01. The second-order valence-electron chi connectivity index (χ2n) is 11.2. The molecular weight excluding hydrogens is 574 g/mol. The molecule has 0 fully saturated rings. The van der Waals surface area contributed by atoms with Crippen LogP contribution in [0.3, 0.4) is 0 Å². The second kappa shape index (κ2) is 13.0. The number of rotatable bonds is 11. The number of nitrogens with one attached hydrogen (secondary N) is 1. The molecule has 1 aromatic heterocycles. The van der Waals surface area contributed by atoms with Crippen molar-refractivity contribution in [3.05, 3.63) is 143 Å². The average Bonchev–Trinajstić information content (AvgIpc) is 3.45. The molecule has 1 heterocycles. The van der Waals surface area contributed by atoms with Crippen molar-refractivity contribution in [1.82, 2.24) is 14.1 Å². The predicted octanol–water partition coefficient (Wildman–Crippen LogP) is 7.91. The standard InChI is InChI=1S/C33H33N7O3S/c1-33(2,3)31-22-32(40(36-31)28-19-11-12-20-29(28)43-38-37-34)35-27-18-10-13-21-30(27)44(41,42)39(23-25-14-6-4-7-15-25)24-26-16-8-5-9-17-26/h4-22,35H,23-24H2,1-3H3. The molecule has 0 unspecified atom stereocenters. The zero-order valence-corrected chi connectivity index (χ0v) is 25.5. The van der Waals surface area contributed by atoms with Gasteiger partial charge in [-0.2, -0.15) is 9.40 Å². The number of benzene rings is 4. The molecule has 4 aromatic carbocycles. The Hall–Kier alpha value is -5.09. The molecule has 0 saturated carbocycles. The van der Waals surface area contributed by atoms with Crippen LogP contribution in [0.4, 0.5) is 11.5 Å². The molecule has 1 N–H and O–H groups in total.